The number of carbonyl (C=O) groups excluding carboxylic acids is 1. The normalized spacial score (nSPS) is 17.8. The van der Waals surface area contributed by atoms with E-state index in [9.17, 15) is 4.79 Å². The minimum atomic E-state index is 0.225. The van der Waals surface area contributed by atoms with Crippen molar-refractivity contribution in [1.82, 2.24) is 14.8 Å². The number of rotatable bonds is 4. The summed E-state index contributed by atoms with van der Waals surface area (Å²) in [6.07, 6.45) is 4.84. The van der Waals surface area contributed by atoms with E-state index < -0.39 is 0 Å². The fourth-order valence-corrected chi connectivity index (χ4v) is 5.43. The van der Waals surface area contributed by atoms with E-state index in [2.05, 4.69) is 50.5 Å². The van der Waals surface area contributed by atoms with Gasteiger partial charge in [0.2, 0.25) is 5.91 Å². The highest BCUT2D eigenvalue weighted by Crippen LogP contribution is 2.32. The number of hydrogen-bond donors (Lipinski definition) is 0. The van der Waals surface area contributed by atoms with E-state index in [4.69, 9.17) is 11.6 Å². The number of amides is 1. The number of benzene rings is 1. The summed E-state index contributed by atoms with van der Waals surface area (Å²) in [5.74, 6) is 1.17. The molecule has 0 saturated carbocycles. The van der Waals surface area contributed by atoms with Gasteiger partial charge in [-0.3, -0.25) is 9.69 Å². The molecule has 2 aliphatic rings. The zero-order valence-corrected chi connectivity index (χ0v) is 18.9. The molecule has 160 valence electrons. The first-order valence-electron chi connectivity index (χ1n) is 10.7. The molecule has 0 atom stereocenters. The molecule has 0 spiro atoms. The van der Waals surface area contributed by atoms with E-state index in [-0.39, 0.29) is 5.91 Å². The van der Waals surface area contributed by atoms with Crippen LogP contribution in [0.2, 0.25) is 5.02 Å². The summed E-state index contributed by atoms with van der Waals surface area (Å²) < 4.78 is 1.35. The van der Waals surface area contributed by atoms with Crippen molar-refractivity contribution in [2.24, 2.45) is 0 Å². The average Bonchev–Trinajstić information content (AvgIpc) is 3.29. The third-order valence-electron chi connectivity index (χ3n) is 6.15. The molecule has 5 nitrogen and oxygen atoms in total. The number of halogens is 1. The zero-order valence-electron chi connectivity index (χ0n) is 17.3. The molecule has 1 fully saturated rings. The smallest absolute Gasteiger partial charge is 0.237 e. The molecule has 31 heavy (non-hydrogen) atoms. The Balaban J connectivity index is 1.15. The molecule has 1 aromatic carbocycles. The average molecular weight is 453 g/mol. The van der Waals surface area contributed by atoms with Crippen LogP contribution in [0.5, 0.6) is 0 Å². The van der Waals surface area contributed by atoms with Gasteiger partial charge in [-0.05, 0) is 46.5 Å². The Bertz CT molecular complexity index is 1100. The molecule has 7 heteroatoms. The van der Waals surface area contributed by atoms with E-state index in [0.717, 1.165) is 45.0 Å². The van der Waals surface area contributed by atoms with Gasteiger partial charge in [0, 0.05) is 50.2 Å². The molecule has 0 bridgehead atoms. The van der Waals surface area contributed by atoms with E-state index in [1.54, 1.807) is 17.5 Å². The molecular weight excluding hydrogens is 428 g/mol. The van der Waals surface area contributed by atoms with Crippen LogP contribution in [0.4, 0.5) is 5.82 Å². The molecule has 4 heterocycles. The zero-order chi connectivity index (χ0) is 21.2. The van der Waals surface area contributed by atoms with Gasteiger partial charge in [-0.2, -0.15) is 0 Å². The summed E-state index contributed by atoms with van der Waals surface area (Å²) in [5, 5.41) is 4.10. The monoisotopic (exact) mass is 452 g/mol. The van der Waals surface area contributed by atoms with Gasteiger partial charge in [0.25, 0.3) is 0 Å². The predicted octanol–water partition coefficient (Wildman–Crippen LogP) is 4.39. The molecule has 3 aromatic rings. The Kier molecular flexibility index (Phi) is 5.94. The second-order valence-electron chi connectivity index (χ2n) is 8.06. The van der Waals surface area contributed by atoms with Gasteiger partial charge in [-0.1, -0.05) is 35.9 Å². The van der Waals surface area contributed by atoms with Gasteiger partial charge in [0.15, 0.2) is 0 Å². The quantitative estimate of drug-likeness (QED) is 0.588. The number of pyridine rings is 1. The first-order valence-corrected chi connectivity index (χ1v) is 12.0. The summed E-state index contributed by atoms with van der Waals surface area (Å²) >= 11 is 7.73. The maximum atomic E-state index is 12.9. The summed E-state index contributed by atoms with van der Waals surface area (Å²) in [4.78, 5) is 23.8. The topological polar surface area (TPSA) is 39.7 Å². The van der Waals surface area contributed by atoms with E-state index in [1.165, 1.54) is 21.2 Å². The minimum absolute atomic E-state index is 0.225. The fraction of sp³-hybridized carbons (Fsp3) is 0.333. The van der Waals surface area contributed by atoms with E-state index in [0.29, 0.717) is 18.1 Å². The third-order valence-corrected chi connectivity index (χ3v) is 7.34. The second kappa shape index (κ2) is 8.99. The van der Waals surface area contributed by atoms with Crippen molar-refractivity contribution in [3.05, 3.63) is 64.6 Å². The van der Waals surface area contributed by atoms with Crippen molar-refractivity contribution in [1.29, 1.82) is 0 Å². The second-order valence-corrected chi connectivity index (χ2v) is 9.41. The third kappa shape index (κ3) is 4.47. The van der Waals surface area contributed by atoms with Crippen molar-refractivity contribution < 1.29 is 4.79 Å². The van der Waals surface area contributed by atoms with Crippen LogP contribution >= 0.6 is 22.9 Å². The highest BCUT2D eigenvalue weighted by molar-refractivity contribution is 7.17. The molecule has 1 amide bonds. The molecule has 2 aromatic heterocycles. The van der Waals surface area contributed by atoms with Gasteiger partial charge in [-0.15, -0.1) is 11.3 Å². The molecule has 0 N–H and O–H groups in total. The molecule has 0 unspecified atom stereocenters. The largest absolute Gasteiger partial charge is 0.354 e. The molecular formula is C24H25ClN4OS. The summed E-state index contributed by atoms with van der Waals surface area (Å²) in [6, 6.07) is 12.5. The fourth-order valence-electron chi connectivity index (χ4n) is 4.37. The number of nitrogens with zero attached hydrogens (tertiary/aromatic N) is 4. The predicted molar refractivity (Wildman–Crippen MR) is 129 cm³/mol. The number of aromatic nitrogens is 1. The highest BCUT2D eigenvalue weighted by Gasteiger charge is 2.24. The van der Waals surface area contributed by atoms with Crippen LogP contribution in [0, 0.1) is 0 Å². The molecule has 0 aliphatic carbocycles. The van der Waals surface area contributed by atoms with Crippen LogP contribution in [-0.4, -0.2) is 66.5 Å². The Hall–Kier alpha value is -2.41. The van der Waals surface area contributed by atoms with Gasteiger partial charge in [-0.25, -0.2) is 4.98 Å². The number of piperazine rings is 1. The number of fused-ring (bicyclic) bond motifs is 1. The van der Waals surface area contributed by atoms with Crippen LogP contribution in [0.15, 0.2) is 54.1 Å². The maximum absolute atomic E-state index is 12.9. The number of carbonyl (C=O) groups is 1. The van der Waals surface area contributed by atoms with Crippen LogP contribution in [0.3, 0.4) is 0 Å². The molecule has 1 saturated heterocycles. The highest BCUT2D eigenvalue weighted by atomic mass is 35.5. The SMILES string of the molecule is O=C(CN1CCN(c2ccc(Cl)cn2)CC1)N1CC=C(c2cccc3ccsc23)CC1. The van der Waals surface area contributed by atoms with Crippen molar-refractivity contribution >= 4 is 50.3 Å². The molecule has 5 rings (SSSR count). The lowest BCUT2D eigenvalue weighted by atomic mass is 9.98. The van der Waals surface area contributed by atoms with Crippen molar-refractivity contribution in [2.75, 3.05) is 50.7 Å². The first kappa shape index (κ1) is 20.5. The van der Waals surface area contributed by atoms with E-state index in [1.807, 2.05) is 17.0 Å². The Morgan fingerprint density at radius 1 is 1.06 bits per heavy atom. The van der Waals surface area contributed by atoms with Crippen LogP contribution in [-0.2, 0) is 4.79 Å². The minimum Gasteiger partial charge on any atom is -0.354 e. The Labute approximate surface area is 191 Å². The molecule has 2 aliphatic heterocycles. The first-order chi connectivity index (χ1) is 15.2. The lowest BCUT2D eigenvalue weighted by molar-refractivity contribution is -0.132. The number of thiophene rings is 1. The standard InChI is InChI=1S/C24H25ClN4OS/c25-20-4-5-22(26-16-20)28-13-11-27(12-14-28)17-23(30)29-9-6-18(7-10-29)21-3-1-2-19-8-15-31-24(19)21/h1-6,8,15-16H,7,9-14,17H2. The van der Waals surface area contributed by atoms with Crippen molar-refractivity contribution in [2.45, 2.75) is 6.42 Å². The van der Waals surface area contributed by atoms with Gasteiger partial charge in [0.1, 0.15) is 5.82 Å². The summed E-state index contributed by atoms with van der Waals surface area (Å²) in [7, 11) is 0. The number of hydrogen-bond acceptors (Lipinski definition) is 5. The Morgan fingerprint density at radius 2 is 1.94 bits per heavy atom. The van der Waals surface area contributed by atoms with Crippen LogP contribution in [0.25, 0.3) is 15.7 Å². The van der Waals surface area contributed by atoms with Crippen LogP contribution in [0.1, 0.15) is 12.0 Å². The van der Waals surface area contributed by atoms with Gasteiger partial charge >= 0.3 is 0 Å². The van der Waals surface area contributed by atoms with Gasteiger partial charge in [0.05, 0.1) is 11.6 Å². The molecule has 0 radical (unpaired) electrons. The summed E-state index contributed by atoms with van der Waals surface area (Å²) in [5.41, 5.74) is 2.69. The van der Waals surface area contributed by atoms with E-state index >= 15 is 0 Å². The maximum Gasteiger partial charge on any atom is 0.237 e. The lowest BCUT2D eigenvalue weighted by Crippen LogP contribution is -2.50. The Morgan fingerprint density at radius 3 is 2.68 bits per heavy atom. The van der Waals surface area contributed by atoms with Crippen molar-refractivity contribution in [3.8, 4) is 0 Å². The van der Waals surface area contributed by atoms with Crippen molar-refractivity contribution in [3.63, 3.8) is 0 Å². The van der Waals surface area contributed by atoms with Gasteiger partial charge < -0.3 is 9.80 Å². The lowest BCUT2D eigenvalue weighted by Gasteiger charge is -2.36. The van der Waals surface area contributed by atoms with Crippen LogP contribution < -0.4 is 4.90 Å². The number of anilines is 1. The summed E-state index contributed by atoms with van der Waals surface area (Å²) in [6.45, 7) is 5.46.